The van der Waals surface area contributed by atoms with Gasteiger partial charge in [-0.3, -0.25) is 0 Å². The predicted molar refractivity (Wildman–Crippen MR) is 97.9 cm³/mol. The molecule has 1 aromatic heterocycles. The molecule has 1 atom stereocenters. The zero-order valence-corrected chi connectivity index (χ0v) is 13.5. The largest absolute Gasteiger partial charge is 0.455 e. The van der Waals surface area contributed by atoms with Crippen LogP contribution in [0, 0.1) is 0 Å². The minimum atomic E-state index is 0.517. The highest BCUT2D eigenvalue weighted by atomic mass is 16.3. The fraction of sp³-hybridized carbons (Fsp3) is 0.182. The van der Waals surface area contributed by atoms with Crippen LogP contribution in [-0.4, -0.2) is 0 Å². The van der Waals surface area contributed by atoms with E-state index in [0.29, 0.717) is 5.92 Å². The molecule has 0 bridgehead atoms. The second kappa shape index (κ2) is 5.58. The number of rotatable bonds is 3. The maximum atomic E-state index is 6.27. The van der Waals surface area contributed by atoms with Gasteiger partial charge in [0.05, 0.1) is 0 Å². The van der Waals surface area contributed by atoms with Gasteiger partial charge in [0, 0.05) is 16.3 Å². The Morgan fingerprint density at radius 1 is 0.870 bits per heavy atom. The number of fused-ring (bicyclic) bond motifs is 3. The Morgan fingerprint density at radius 2 is 1.61 bits per heavy atom. The Hall–Kier alpha value is -2.54. The second-order valence-corrected chi connectivity index (χ2v) is 6.18. The lowest BCUT2D eigenvalue weighted by Gasteiger charge is -2.12. The van der Waals surface area contributed by atoms with E-state index < -0.39 is 0 Å². The summed E-state index contributed by atoms with van der Waals surface area (Å²) in [7, 11) is 0. The molecule has 0 aliphatic rings. The molecule has 0 saturated heterocycles. The first-order valence-electron chi connectivity index (χ1n) is 8.29. The summed E-state index contributed by atoms with van der Waals surface area (Å²) in [5.74, 6) is 0.517. The van der Waals surface area contributed by atoms with E-state index in [-0.39, 0.29) is 0 Å². The van der Waals surface area contributed by atoms with Crippen LogP contribution < -0.4 is 0 Å². The van der Waals surface area contributed by atoms with Crippen molar-refractivity contribution in [1.29, 1.82) is 0 Å². The standard InChI is InChI=1S/C22H20O/c1-3-15(2)17-13-14-18(16-9-5-4-6-10-16)22-21(17)19-11-7-8-12-20(19)23-22/h4-15H,3H2,1-2H3. The van der Waals surface area contributed by atoms with Gasteiger partial charge in [-0.2, -0.15) is 0 Å². The fourth-order valence-electron chi connectivity index (χ4n) is 3.33. The van der Waals surface area contributed by atoms with E-state index >= 15 is 0 Å². The van der Waals surface area contributed by atoms with Crippen LogP contribution in [0.1, 0.15) is 31.7 Å². The molecular formula is C22H20O. The fourth-order valence-corrected chi connectivity index (χ4v) is 3.33. The van der Waals surface area contributed by atoms with Crippen LogP contribution >= 0.6 is 0 Å². The van der Waals surface area contributed by atoms with E-state index in [4.69, 9.17) is 4.42 Å². The Balaban J connectivity index is 2.12. The van der Waals surface area contributed by atoms with E-state index in [1.165, 1.54) is 27.5 Å². The van der Waals surface area contributed by atoms with E-state index in [0.717, 1.165) is 17.6 Å². The van der Waals surface area contributed by atoms with Gasteiger partial charge < -0.3 is 4.42 Å². The van der Waals surface area contributed by atoms with Crippen molar-refractivity contribution in [3.63, 3.8) is 0 Å². The van der Waals surface area contributed by atoms with Crippen LogP contribution in [0.25, 0.3) is 33.1 Å². The maximum Gasteiger partial charge on any atom is 0.143 e. The van der Waals surface area contributed by atoms with Gasteiger partial charge in [0.2, 0.25) is 0 Å². The summed E-state index contributed by atoms with van der Waals surface area (Å²) in [6.07, 6.45) is 1.12. The zero-order chi connectivity index (χ0) is 15.8. The summed E-state index contributed by atoms with van der Waals surface area (Å²) >= 11 is 0. The third kappa shape index (κ3) is 2.24. The molecule has 1 unspecified atom stereocenters. The molecule has 0 radical (unpaired) electrons. The molecule has 0 aliphatic heterocycles. The van der Waals surface area contributed by atoms with Crippen LogP contribution in [0.5, 0.6) is 0 Å². The van der Waals surface area contributed by atoms with Crippen LogP contribution in [0.4, 0.5) is 0 Å². The second-order valence-electron chi connectivity index (χ2n) is 6.18. The molecule has 0 saturated carbocycles. The summed E-state index contributed by atoms with van der Waals surface area (Å²) < 4.78 is 6.27. The van der Waals surface area contributed by atoms with Gasteiger partial charge in [0.1, 0.15) is 11.2 Å². The number of hydrogen-bond donors (Lipinski definition) is 0. The van der Waals surface area contributed by atoms with Gasteiger partial charge in [0.25, 0.3) is 0 Å². The maximum absolute atomic E-state index is 6.27. The average molecular weight is 300 g/mol. The highest BCUT2D eigenvalue weighted by molar-refractivity contribution is 6.11. The first kappa shape index (κ1) is 14.1. The number of hydrogen-bond acceptors (Lipinski definition) is 1. The van der Waals surface area contributed by atoms with Crippen molar-refractivity contribution < 1.29 is 4.42 Å². The predicted octanol–water partition coefficient (Wildman–Crippen LogP) is 6.77. The lowest BCUT2D eigenvalue weighted by molar-refractivity contribution is 0.668. The lowest BCUT2D eigenvalue weighted by Crippen LogP contribution is -1.93. The van der Waals surface area contributed by atoms with Gasteiger partial charge >= 0.3 is 0 Å². The molecule has 0 aliphatic carbocycles. The van der Waals surface area contributed by atoms with Crippen LogP contribution in [0.2, 0.25) is 0 Å². The normalized spacial score (nSPS) is 12.8. The SMILES string of the molecule is CCC(C)c1ccc(-c2ccccc2)c2oc3ccccc3c12. The summed E-state index contributed by atoms with van der Waals surface area (Å²) in [4.78, 5) is 0. The minimum absolute atomic E-state index is 0.517. The third-order valence-corrected chi connectivity index (χ3v) is 4.79. The summed E-state index contributed by atoms with van der Waals surface area (Å²) in [5.41, 5.74) is 5.73. The molecule has 0 spiro atoms. The molecule has 114 valence electrons. The first-order chi connectivity index (χ1) is 11.3. The first-order valence-corrected chi connectivity index (χ1v) is 8.29. The minimum Gasteiger partial charge on any atom is -0.455 e. The van der Waals surface area contributed by atoms with Crippen LogP contribution in [0.3, 0.4) is 0 Å². The molecular weight excluding hydrogens is 280 g/mol. The Morgan fingerprint density at radius 3 is 2.39 bits per heavy atom. The summed E-state index contributed by atoms with van der Waals surface area (Å²) in [6.45, 7) is 4.53. The highest BCUT2D eigenvalue weighted by Gasteiger charge is 2.17. The average Bonchev–Trinajstić information content (AvgIpc) is 3.00. The molecule has 1 heterocycles. The lowest BCUT2D eigenvalue weighted by atomic mass is 9.91. The number of furan rings is 1. The van der Waals surface area contributed by atoms with Crippen molar-refractivity contribution in [2.75, 3.05) is 0 Å². The third-order valence-electron chi connectivity index (χ3n) is 4.79. The van der Waals surface area contributed by atoms with E-state index in [1.54, 1.807) is 0 Å². The van der Waals surface area contributed by atoms with Crippen molar-refractivity contribution in [3.05, 3.63) is 72.3 Å². The van der Waals surface area contributed by atoms with Gasteiger partial charge in [-0.25, -0.2) is 0 Å². The molecule has 1 heteroatoms. The quantitative estimate of drug-likeness (QED) is 0.407. The van der Waals surface area contributed by atoms with Crippen LogP contribution in [0.15, 0.2) is 71.1 Å². The zero-order valence-electron chi connectivity index (χ0n) is 13.5. The van der Waals surface area contributed by atoms with Crippen molar-refractivity contribution in [2.24, 2.45) is 0 Å². The molecule has 3 aromatic carbocycles. The topological polar surface area (TPSA) is 13.1 Å². The molecule has 0 amide bonds. The van der Waals surface area contributed by atoms with E-state index in [9.17, 15) is 0 Å². The van der Waals surface area contributed by atoms with Gasteiger partial charge in [0.15, 0.2) is 0 Å². The Bertz CT molecular complexity index is 963. The Kier molecular flexibility index (Phi) is 3.42. The van der Waals surface area contributed by atoms with Crippen molar-refractivity contribution in [3.8, 4) is 11.1 Å². The van der Waals surface area contributed by atoms with Crippen LogP contribution in [-0.2, 0) is 0 Å². The molecule has 4 aromatic rings. The molecule has 23 heavy (non-hydrogen) atoms. The van der Waals surface area contributed by atoms with Gasteiger partial charge in [-0.15, -0.1) is 0 Å². The van der Waals surface area contributed by atoms with Gasteiger partial charge in [-0.1, -0.05) is 74.5 Å². The summed E-state index contributed by atoms with van der Waals surface area (Å²) in [5, 5.41) is 2.49. The monoisotopic (exact) mass is 300 g/mol. The highest BCUT2D eigenvalue weighted by Crippen LogP contribution is 2.40. The van der Waals surface area contributed by atoms with Gasteiger partial charge in [-0.05, 0) is 29.5 Å². The molecule has 0 fully saturated rings. The van der Waals surface area contributed by atoms with Crippen molar-refractivity contribution in [2.45, 2.75) is 26.2 Å². The smallest absolute Gasteiger partial charge is 0.143 e. The number of para-hydroxylation sites is 1. The summed E-state index contributed by atoms with van der Waals surface area (Å²) in [6, 6.07) is 23.3. The van der Waals surface area contributed by atoms with Crippen molar-refractivity contribution in [1.82, 2.24) is 0 Å². The molecule has 1 nitrogen and oxygen atoms in total. The van der Waals surface area contributed by atoms with E-state index in [1.807, 2.05) is 12.1 Å². The Labute approximate surface area is 136 Å². The molecule has 0 N–H and O–H groups in total. The molecule has 4 rings (SSSR count). The number of benzene rings is 3. The van der Waals surface area contributed by atoms with Crippen molar-refractivity contribution >= 4 is 21.9 Å². The van der Waals surface area contributed by atoms with E-state index in [2.05, 4.69) is 68.4 Å².